The van der Waals surface area contributed by atoms with Gasteiger partial charge in [-0.15, -0.1) is 11.3 Å². The van der Waals surface area contributed by atoms with Crippen LogP contribution in [0.25, 0.3) is 0 Å². The summed E-state index contributed by atoms with van der Waals surface area (Å²) in [5.41, 5.74) is 6.77. The second-order valence-corrected chi connectivity index (χ2v) is 6.32. The number of thiazole rings is 1. The summed E-state index contributed by atoms with van der Waals surface area (Å²) < 4.78 is 0. The Kier molecular flexibility index (Phi) is 3.19. The van der Waals surface area contributed by atoms with Crippen molar-refractivity contribution in [3.8, 4) is 0 Å². The van der Waals surface area contributed by atoms with E-state index in [2.05, 4.69) is 17.3 Å². The van der Waals surface area contributed by atoms with Gasteiger partial charge in [-0.1, -0.05) is 0 Å². The SMILES string of the molecule is CN1C2CCC1CC(c1nc(CCN)cs1)C2. The molecule has 0 aliphatic carbocycles. The van der Waals surface area contributed by atoms with E-state index in [9.17, 15) is 0 Å². The Labute approximate surface area is 107 Å². The van der Waals surface area contributed by atoms with Gasteiger partial charge < -0.3 is 10.6 Å². The van der Waals surface area contributed by atoms with Gasteiger partial charge in [-0.3, -0.25) is 0 Å². The van der Waals surface area contributed by atoms with E-state index in [1.165, 1.54) is 36.4 Å². The highest BCUT2D eigenvalue weighted by Crippen LogP contribution is 2.42. The smallest absolute Gasteiger partial charge is 0.0960 e. The summed E-state index contributed by atoms with van der Waals surface area (Å²) in [5.74, 6) is 0.709. The predicted molar refractivity (Wildman–Crippen MR) is 71.4 cm³/mol. The van der Waals surface area contributed by atoms with Crippen molar-refractivity contribution in [2.45, 2.75) is 50.1 Å². The van der Waals surface area contributed by atoms with E-state index in [4.69, 9.17) is 10.7 Å². The zero-order chi connectivity index (χ0) is 11.8. The number of hydrogen-bond donors (Lipinski definition) is 1. The van der Waals surface area contributed by atoms with E-state index in [1.807, 2.05) is 11.3 Å². The monoisotopic (exact) mass is 251 g/mol. The molecule has 2 saturated heterocycles. The van der Waals surface area contributed by atoms with Crippen LogP contribution in [0.4, 0.5) is 0 Å². The number of hydrogen-bond acceptors (Lipinski definition) is 4. The molecule has 0 aromatic carbocycles. The maximum Gasteiger partial charge on any atom is 0.0960 e. The Morgan fingerprint density at radius 1 is 1.41 bits per heavy atom. The lowest BCUT2D eigenvalue weighted by Crippen LogP contribution is -2.39. The molecule has 2 bridgehead atoms. The Bertz CT molecular complexity index is 376. The highest BCUT2D eigenvalue weighted by molar-refractivity contribution is 7.09. The van der Waals surface area contributed by atoms with Gasteiger partial charge in [0.25, 0.3) is 0 Å². The number of aromatic nitrogens is 1. The molecule has 1 aromatic rings. The first-order chi connectivity index (χ1) is 8.28. The van der Waals surface area contributed by atoms with Gasteiger partial charge in [-0.2, -0.15) is 0 Å². The van der Waals surface area contributed by atoms with Gasteiger partial charge in [0.05, 0.1) is 10.7 Å². The Morgan fingerprint density at radius 3 is 2.76 bits per heavy atom. The van der Waals surface area contributed by atoms with Gasteiger partial charge in [-0.25, -0.2) is 4.98 Å². The van der Waals surface area contributed by atoms with Crippen LogP contribution in [0.1, 0.15) is 42.3 Å². The number of nitrogens with two attached hydrogens (primary N) is 1. The van der Waals surface area contributed by atoms with E-state index in [1.54, 1.807) is 0 Å². The third-order valence-corrected chi connectivity index (χ3v) is 5.47. The van der Waals surface area contributed by atoms with Crippen LogP contribution in [-0.4, -0.2) is 35.6 Å². The lowest BCUT2D eigenvalue weighted by molar-refractivity contribution is 0.161. The third kappa shape index (κ3) is 2.14. The van der Waals surface area contributed by atoms with Crippen LogP contribution in [0.5, 0.6) is 0 Å². The van der Waals surface area contributed by atoms with Crippen molar-refractivity contribution in [2.24, 2.45) is 5.73 Å². The fourth-order valence-corrected chi connectivity index (χ4v) is 4.37. The second kappa shape index (κ2) is 4.67. The molecule has 0 radical (unpaired) electrons. The fourth-order valence-electron chi connectivity index (χ4n) is 3.39. The minimum absolute atomic E-state index is 0.709. The molecule has 4 heteroatoms. The van der Waals surface area contributed by atoms with Crippen molar-refractivity contribution in [2.75, 3.05) is 13.6 Å². The summed E-state index contributed by atoms with van der Waals surface area (Å²) in [5, 5.41) is 3.56. The average Bonchev–Trinajstić information content (AvgIpc) is 2.83. The molecule has 2 N–H and O–H groups in total. The maximum atomic E-state index is 5.58. The van der Waals surface area contributed by atoms with Crippen LogP contribution >= 0.6 is 11.3 Å². The Morgan fingerprint density at radius 2 is 2.12 bits per heavy atom. The lowest BCUT2D eigenvalue weighted by atomic mass is 9.92. The number of nitrogens with zero attached hydrogens (tertiary/aromatic N) is 2. The van der Waals surface area contributed by atoms with E-state index >= 15 is 0 Å². The van der Waals surface area contributed by atoms with E-state index < -0.39 is 0 Å². The molecule has 3 nitrogen and oxygen atoms in total. The van der Waals surface area contributed by atoms with E-state index in [0.29, 0.717) is 12.5 Å². The van der Waals surface area contributed by atoms with Crippen molar-refractivity contribution in [3.63, 3.8) is 0 Å². The molecule has 2 fully saturated rings. The molecule has 1 aromatic heterocycles. The highest BCUT2D eigenvalue weighted by atomic mass is 32.1. The summed E-state index contributed by atoms with van der Waals surface area (Å²) in [4.78, 5) is 7.35. The highest BCUT2D eigenvalue weighted by Gasteiger charge is 2.39. The first kappa shape index (κ1) is 11.6. The van der Waals surface area contributed by atoms with Crippen LogP contribution in [-0.2, 0) is 6.42 Å². The maximum absolute atomic E-state index is 5.58. The first-order valence-electron chi connectivity index (χ1n) is 6.64. The summed E-state index contributed by atoms with van der Waals surface area (Å²) >= 11 is 1.84. The van der Waals surface area contributed by atoms with Crippen molar-refractivity contribution < 1.29 is 0 Å². The van der Waals surface area contributed by atoms with E-state index in [-0.39, 0.29) is 0 Å². The molecule has 0 saturated carbocycles. The molecule has 0 amide bonds. The van der Waals surface area contributed by atoms with Crippen molar-refractivity contribution >= 4 is 11.3 Å². The normalized spacial score (nSPS) is 33.2. The molecular formula is C13H21N3S. The molecule has 3 heterocycles. The van der Waals surface area contributed by atoms with Crippen LogP contribution in [0.2, 0.25) is 0 Å². The minimum atomic E-state index is 0.709. The number of rotatable bonds is 3. The Hall–Kier alpha value is -0.450. The minimum Gasteiger partial charge on any atom is -0.330 e. The topological polar surface area (TPSA) is 42.2 Å². The lowest BCUT2D eigenvalue weighted by Gasteiger charge is -2.35. The Balaban J connectivity index is 1.72. The van der Waals surface area contributed by atoms with Gasteiger partial charge in [0.15, 0.2) is 0 Å². The zero-order valence-electron chi connectivity index (χ0n) is 10.4. The van der Waals surface area contributed by atoms with Gasteiger partial charge in [0.2, 0.25) is 0 Å². The van der Waals surface area contributed by atoms with Crippen LogP contribution in [0.15, 0.2) is 5.38 Å². The summed E-state index contributed by atoms with van der Waals surface area (Å²) in [7, 11) is 2.29. The van der Waals surface area contributed by atoms with Gasteiger partial charge >= 0.3 is 0 Å². The molecule has 2 aliphatic heterocycles. The van der Waals surface area contributed by atoms with Crippen molar-refractivity contribution in [1.82, 2.24) is 9.88 Å². The molecule has 94 valence electrons. The molecule has 0 spiro atoms. The van der Waals surface area contributed by atoms with E-state index in [0.717, 1.165) is 18.5 Å². The van der Waals surface area contributed by atoms with Gasteiger partial charge in [0, 0.05) is 29.8 Å². The second-order valence-electron chi connectivity index (χ2n) is 5.43. The average molecular weight is 251 g/mol. The number of piperidine rings is 1. The molecule has 2 unspecified atom stereocenters. The fraction of sp³-hybridized carbons (Fsp3) is 0.769. The van der Waals surface area contributed by atoms with Crippen LogP contribution in [0, 0.1) is 0 Å². The summed E-state index contributed by atoms with van der Waals surface area (Å²) in [6.07, 6.45) is 6.32. The first-order valence-corrected chi connectivity index (χ1v) is 7.52. The molecule has 17 heavy (non-hydrogen) atoms. The summed E-state index contributed by atoms with van der Waals surface area (Å²) in [6.45, 7) is 0.710. The predicted octanol–water partition coefficient (Wildman–Crippen LogP) is 1.98. The largest absolute Gasteiger partial charge is 0.330 e. The quantitative estimate of drug-likeness (QED) is 0.893. The van der Waals surface area contributed by atoms with Crippen molar-refractivity contribution in [1.29, 1.82) is 0 Å². The third-order valence-electron chi connectivity index (χ3n) is 4.42. The van der Waals surface area contributed by atoms with Gasteiger partial charge in [-0.05, 0) is 39.3 Å². The van der Waals surface area contributed by atoms with Gasteiger partial charge in [0.1, 0.15) is 0 Å². The van der Waals surface area contributed by atoms with Crippen LogP contribution < -0.4 is 5.73 Å². The van der Waals surface area contributed by atoms with Crippen molar-refractivity contribution in [3.05, 3.63) is 16.1 Å². The molecule has 2 atom stereocenters. The zero-order valence-corrected chi connectivity index (χ0v) is 11.2. The molecule has 2 aliphatic rings. The number of fused-ring (bicyclic) bond motifs is 2. The van der Waals surface area contributed by atoms with Crippen LogP contribution in [0.3, 0.4) is 0 Å². The summed E-state index contributed by atoms with van der Waals surface area (Å²) in [6, 6.07) is 1.61. The molecular weight excluding hydrogens is 230 g/mol. The molecule has 3 rings (SSSR count). The standard InChI is InChI=1S/C13H21N3S/c1-16-11-2-3-12(16)7-9(6-11)13-15-10(4-5-14)8-17-13/h8-9,11-12H,2-7,14H2,1H3.